The molecular weight excluding hydrogens is 406 g/mol. The van der Waals surface area contributed by atoms with Gasteiger partial charge in [-0.15, -0.1) is 0 Å². The molecule has 164 valence electrons. The van der Waals surface area contributed by atoms with Crippen LogP contribution in [0, 0.1) is 0 Å². The van der Waals surface area contributed by atoms with Crippen molar-refractivity contribution in [2.45, 2.75) is 6.42 Å². The van der Waals surface area contributed by atoms with E-state index in [4.69, 9.17) is 15.9 Å². The van der Waals surface area contributed by atoms with Crippen LogP contribution in [0.25, 0.3) is 0 Å². The van der Waals surface area contributed by atoms with E-state index in [1.807, 2.05) is 18.2 Å². The number of benzene rings is 1. The molecule has 0 bridgehead atoms. The molecule has 0 aliphatic carbocycles. The van der Waals surface area contributed by atoms with E-state index in [0.717, 1.165) is 6.42 Å². The molecule has 1 saturated heterocycles. The average Bonchev–Trinajstić information content (AvgIpc) is 2.73. The molecule has 31 heavy (non-hydrogen) atoms. The van der Waals surface area contributed by atoms with Gasteiger partial charge in [0.1, 0.15) is 0 Å². The first-order valence-corrected chi connectivity index (χ1v) is 9.28. The molecule has 1 fully saturated rings. The van der Waals surface area contributed by atoms with Crippen molar-refractivity contribution in [3.05, 3.63) is 48.0 Å². The number of piperazine rings is 1. The third-order valence-corrected chi connectivity index (χ3v) is 3.87. The fourth-order valence-electron chi connectivity index (χ4n) is 2.52. The molecule has 2 heterocycles. The van der Waals surface area contributed by atoms with E-state index in [1.165, 1.54) is 5.56 Å². The Bertz CT molecular complexity index is 920. The van der Waals surface area contributed by atoms with Crippen LogP contribution in [-0.2, 0) is 20.8 Å². The number of aromatic nitrogens is 3. The highest BCUT2D eigenvalue weighted by molar-refractivity contribution is 5.89. The maximum absolute atomic E-state index is 11.5. The van der Waals surface area contributed by atoms with Crippen LogP contribution in [0.1, 0.15) is 5.56 Å². The molecule has 0 spiro atoms. The molecule has 0 saturated carbocycles. The van der Waals surface area contributed by atoms with Crippen LogP contribution in [0.5, 0.6) is 0 Å². The number of hydrogen-bond donors (Lipinski definition) is 5. The minimum atomic E-state index is -1.26. The first-order chi connectivity index (χ1) is 14.8. The van der Waals surface area contributed by atoms with Crippen molar-refractivity contribution in [3.63, 3.8) is 0 Å². The first kappa shape index (κ1) is 23.1. The Balaban J connectivity index is 0.000000366. The maximum Gasteiger partial charge on any atom is 0.328 e. The lowest BCUT2D eigenvalue weighted by atomic mass is 10.1. The molecular formula is C19H23N7O5. The van der Waals surface area contributed by atoms with Gasteiger partial charge in [-0.05, 0) is 12.0 Å². The van der Waals surface area contributed by atoms with Gasteiger partial charge in [0, 0.05) is 31.8 Å². The van der Waals surface area contributed by atoms with Gasteiger partial charge in [-0.25, -0.2) is 9.59 Å². The maximum atomic E-state index is 11.5. The van der Waals surface area contributed by atoms with Gasteiger partial charge in [-0.2, -0.15) is 15.0 Å². The average molecular weight is 429 g/mol. The molecule has 6 N–H and O–H groups in total. The summed E-state index contributed by atoms with van der Waals surface area (Å²) >= 11 is 0. The van der Waals surface area contributed by atoms with Crippen molar-refractivity contribution in [2.75, 3.05) is 42.1 Å². The standard InChI is InChI=1S/C15H19N7O.C4H4O4/c16-13-19-14(18-7-6-11-4-2-1-3-5-11)21-15(20-13)22-9-8-17-12(23)10-22;5-3(6)1-2-4(7)8/h1-5H,6-10H2,(H,17,23)(H3,16,18,19,20,21);1-2H,(H,5,6)(H,7,8)/b;2-1-. The van der Waals surface area contributed by atoms with E-state index in [0.29, 0.717) is 43.7 Å². The number of nitrogens with zero attached hydrogens (tertiary/aromatic N) is 4. The van der Waals surface area contributed by atoms with Gasteiger partial charge in [0.25, 0.3) is 0 Å². The quantitative estimate of drug-likeness (QED) is 0.366. The first-order valence-electron chi connectivity index (χ1n) is 9.28. The van der Waals surface area contributed by atoms with E-state index in [1.54, 1.807) is 4.90 Å². The van der Waals surface area contributed by atoms with Crippen molar-refractivity contribution >= 4 is 35.7 Å². The van der Waals surface area contributed by atoms with Gasteiger partial charge in [0.2, 0.25) is 23.8 Å². The van der Waals surface area contributed by atoms with E-state index in [2.05, 4.69) is 37.7 Å². The fraction of sp³-hybridized carbons (Fsp3) is 0.263. The van der Waals surface area contributed by atoms with Crippen LogP contribution in [0.3, 0.4) is 0 Å². The number of hydrogen-bond acceptors (Lipinski definition) is 9. The summed E-state index contributed by atoms with van der Waals surface area (Å²) in [5.41, 5.74) is 6.99. The van der Waals surface area contributed by atoms with Crippen LogP contribution in [0.15, 0.2) is 42.5 Å². The molecule has 1 aromatic carbocycles. The number of nitrogens with one attached hydrogen (secondary N) is 2. The molecule has 1 aromatic heterocycles. The molecule has 0 unspecified atom stereocenters. The second-order valence-electron chi connectivity index (χ2n) is 6.26. The Morgan fingerprint density at radius 2 is 1.81 bits per heavy atom. The third-order valence-electron chi connectivity index (χ3n) is 3.87. The monoisotopic (exact) mass is 429 g/mol. The molecule has 12 heteroatoms. The highest BCUT2D eigenvalue weighted by Gasteiger charge is 2.19. The topological polar surface area (TPSA) is 184 Å². The number of amides is 1. The second-order valence-corrected chi connectivity index (χ2v) is 6.26. The Morgan fingerprint density at radius 1 is 1.13 bits per heavy atom. The van der Waals surface area contributed by atoms with Gasteiger partial charge in [0.05, 0.1) is 6.54 Å². The zero-order chi connectivity index (χ0) is 22.6. The van der Waals surface area contributed by atoms with Crippen LogP contribution >= 0.6 is 0 Å². The van der Waals surface area contributed by atoms with Gasteiger partial charge in [0.15, 0.2) is 0 Å². The van der Waals surface area contributed by atoms with E-state index >= 15 is 0 Å². The summed E-state index contributed by atoms with van der Waals surface area (Å²) < 4.78 is 0. The Labute approximate surface area is 177 Å². The Kier molecular flexibility index (Phi) is 8.71. The fourth-order valence-corrected chi connectivity index (χ4v) is 2.52. The summed E-state index contributed by atoms with van der Waals surface area (Å²) in [6.45, 7) is 2.14. The number of carbonyl (C=O) groups is 3. The van der Waals surface area contributed by atoms with Gasteiger partial charge < -0.3 is 31.5 Å². The number of nitrogen functional groups attached to an aromatic ring is 1. The van der Waals surface area contributed by atoms with Crippen molar-refractivity contribution in [3.8, 4) is 0 Å². The number of anilines is 3. The lowest BCUT2D eigenvalue weighted by Gasteiger charge is -2.26. The summed E-state index contributed by atoms with van der Waals surface area (Å²) in [6, 6.07) is 10.2. The van der Waals surface area contributed by atoms with Crippen molar-refractivity contribution in [1.82, 2.24) is 20.3 Å². The number of carbonyl (C=O) groups excluding carboxylic acids is 1. The van der Waals surface area contributed by atoms with Gasteiger partial charge >= 0.3 is 11.9 Å². The zero-order valence-electron chi connectivity index (χ0n) is 16.6. The highest BCUT2D eigenvalue weighted by atomic mass is 16.4. The van der Waals surface area contributed by atoms with E-state index < -0.39 is 11.9 Å². The summed E-state index contributed by atoms with van der Waals surface area (Å²) in [5.74, 6) is -1.57. The highest BCUT2D eigenvalue weighted by Crippen LogP contribution is 2.13. The predicted molar refractivity (Wildman–Crippen MR) is 113 cm³/mol. The van der Waals surface area contributed by atoms with Crippen LogP contribution < -0.4 is 21.3 Å². The molecule has 1 aliphatic rings. The molecule has 2 aromatic rings. The molecule has 0 radical (unpaired) electrons. The summed E-state index contributed by atoms with van der Waals surface area (Å²) in [5, 5.41) is 21.5. The number of carboxylic acids is 2. The van der Waals surface area contributed by atoms with Crippen LogP contribution in [-0.4, -0.2) is 69.2 Å². The molecule has 1 aliphatic heterocycles. The molecule has 3 rings (SSSR count). The minimum Gasteiger partial charge on any atom is -0.478 e. The normalized spacial score (nSPS) is 13.2. The Morgan fingerprint density at radius 3 is 2.42 bits per heavy atom. The van der Waals surface area contributed by atoms with Gasteiger partial charge in [-0.3, -0.25) is 4.79 Å². The lowest BCUT2D eigenvalue weighted by molar-refractivity contribution is -0.134. The number of carboxylic acid groups (broad SMARTS) is 2. The van der Waals surface area contributed by atoms with Crippen molar-refractivity contribution in [2.24, 2.45) is 0 Å². The predicted octanol–water partition coefficient (Wildman–Crippen LogP) is -0.244. The van der Waals surface area contributed by atoms with E-state index in [-0.39, 0.29) is 18.4 Å². The number of aliphatic carboxylic acids is 2. The smallest absolute Gasteiger partial charge is 0.328 e. The summed E-state index contributed by atoms with van der Waals surface area (Å²) in [6.07, 6.45) is 1.97. The Hall–Kier alpha value is -4.22. The van der Waals surface area contributed by atoms with E-state index in [9.17, 15) is 14.4 Å². The lowest BCUT2D eigenvalue weighted by Crippen LogP contribution is -2.48. The molecule has 12 nitrogen and oxygen atoms in total. The van der Waals surface area contributed by atoms with Crippen LogP contribution in [0.2, 0.25) is 0 Å². The number of rotatable bonds is 7. The second kappa shape index (κ2) is 11.7. The zero-order valence-corrected chi connectivity index (χ0v) is 16.6. The SMILES string of the molecule is Nc1nc(NCCc2ccccc2)nc(N2CCNC(=O)C2)n1.O=C(O)/C=C\C(=O)O. The third kappa shape index (κ3) is 8.77. The van der Waals surface area contributed by atoms with Crippen LogP contribution in [0.4, 0.5) is 17.8 Å². The van der Waals surface area contributed by atoms with Crippen molar-refractivity contribution in [1.29, 1.82) is 0 Å². The molecule has 1 amide bonds. The number of nitrogens with two attached hydrogens (primary N) is 1. The summed E-state index contributed by atoms with van der Waals surface area (Å²) in [4.78, 5) is 44.9. The van der Waals surface area contributed by atoms with Crippen molar-refractivity contribution < 1.29 is 24.6 Å². The minimum absolute atomic E-state index is 0.0474. The molecule has 0 atom stereocenters. The largest absolute Gasteiger partial charge is 0.478 e. The van der Waals surface area contributed by atoms with Gasteiger partial charge in [-0.1, -0.05) is 30.3 Å². The summed E-state index contributed by atoms with van der Waals surface area (Å²) in [7, 11) is 0.